The van der Waals surface area contributed by atoms with Crippen molar-refractivity contribution < 1.29 is 14.6 Å². The molecule has 0 saturated heterocycles. The van der Waals surface area contributed by atoms with Crippen LogP contribution < -0.4 is 0 Å². The molecular weight excluding hydrogens is 120 g/mol. The molecule has 0 aliphatic rings. The standard InChI is InChI=1S/C6H10O3/c1-3-9-4-5(2)6(7)8/h2-4H2,1H3,(H,7,8). The van der Waals surface area contributed by atoms with E-state index in [1.54, 1.807) is 6.92 Å². The van der Waals surface area contributed by atoms with Crippen molar-refractivity contribution in [3.05, 3.63) is 12.2 Å². The van der Waals surface area contributed by atoms with Gasteiger partial charge in [-0.1, -0.05) is 6.58 Å². The molecule has 3 heteroatoms. The van der Waals surface area contributed by atoms with E-state index in [0.717, 1.165) is 0 Å². The normalized spacial score (nSPS) is 9.00. The van der Waals surface area contributed by atoms with Gasteiger partial charge in [0, 0.05) is 6.61 Å². The minimum absolute atomic E-state index is 0.0943. The molecule has 0 fully saturated rings. The van der Waals surface area contributed by atoms with Gasteiger partial charge in [-0.25, -0.2) is 4.79 Å². The van der Waals surface area contributed by atoms with Gasteiger partial charge in [0.05, 0.1) is 12.2 Å². The zero-order chi connectivity index (χ0) is 7.28. The van der Waals surface area contributed by atoms with Gasteiger partial charge in [0.2, 0.25) is 0 Å². The number of carbonyl (C=O) groups is 1. The smallest absolute Gasteiger partial charge is 0.333 e. The highest BCUT2D eigenvalue weighted by molar-refractivity contribution is 5.85. The molecule has 9 heavy (non-hydrogen) atoms. The summed E-state index contributed by atoms with van der Waals surface area (Å²) < 4.78 is 4.78. The maximum absolute atomic E-state index is 10.0. The molecule has 0 radical (unpaired) electrons. The van der Waals surface area contributed by atoms with Crippen LogP contribution in [0.5, 0.6) is 0 Å². The largest absolute Gasteiger partial charge is 0.478 e. The minimum Gasteiger partial charge on any atom is -0.478 e. The van der Waals surface area contributed by atoms with Crippen molar-refractivity contribution >= 4 is 5.97 Å². The Balaban J connectivity index is 3.39. The first kappa shape index (κ1) is 8.17. The van der Waals surface area contributed by atoms with Crippen molar-refractivity contribution in [2.75, 3.05) is 13.2 Å². The molecule has 0 aliphatic carbocycles. The van der Waals surface area contributed by atoms with Gasteiger partial charge < -0.3 is 9.84 Å². The van der Waals surface area contributed by atoms with Crippen molar-refractivity contribution in [3.63, 3.8) is 0 Å². The van der Waals surface area contributed by atoms with Gasteiger partial charge in [-0.15, -0.1) is 0 Å². The van der Waals surface area contributed by atoms with Crippen LogP contribution in [0.4, 0.5) is 0 Å². The fourth-order valence-electron chi connectivity index (χ4n) is 0.287. The first-order valence-corrected chi connectivity index (χ1v) is 2.67. The lowest BCUT2D eigenvalue weighted by molar-refractivity contribution is -0.133. The summed E-state index contributed by atoms with van der Waals surface area (Å²) in [4.78, 5) is 10.0. The van der Waals surface area contributed by atoms with Crippen molar-refractivity contribution in [1.29, 1.82) is 0 Å². The van der Waals surface area contributed by atoms with E-state index < -0.39 is 5.97 Å². The van der Waals surface area contributed by atoms with Gasteiger partial charge in [-0.2, -0.15) is 0 Å². The third-order valence-corrected chi connectivity index (χ3v) is 0.783. The average molecular weight is 130 g/mol. The van der Waals surface area contributed by atoms with E-state index in [4.69, 9.17) is 9.84 Å². The van der Waals surface area contributed by atoms with Crippen molar-refractivity contribution in [3.8, 4) is 0 Å². The maximum Gasteiger partial charge on any atom is 0.333 e. The zero-order valence-electron chi connectivity index (χ0n) is 5.39. The van der Waals surface area contributed by atoms with Gasteiger partial charge in [0.1, 0.15) is 0 Å². The second-order valence-corrected chi connectivity index (χ2v) is 1.55. The monoisotopic (exact) mass is 130 g/mol. The fourth-order valence-corrected chi connectivity index (χ4v) is 0.287. The summed E-state index contributed by atoms with van der Waals surface area (Å²) in [6.07, 6.45) is 0. The van der Waals surface area contributed by atoms with Crippen LogP contribution in [0.1, 0.15) is 6.92 Å². The molecule has 0 spiro atoms. The number of carboxylic acid groups (broad SMARTS) is 1. The lowest BCUT2D eigenvalue weighted by Crippen LogP contribution is -2.06. The molecule has 0 heterocycles. The van der Waals surface area contributed by atoms with E-state index in [9.17, 15) is 4.79 Å². The van der Waals surface area contributed by atoms with E-state index in [1.165, 1.54) is 0 Å². The number of carboxylic acids is 1. The van der Waals surface area contributed by atoms with Crippen LogP contribution in [0.2, 0.25) is 0 Å². The maximum atomic E-state index is 10.0. The zero-order valence-corrected chi connectivity index (χ0v) is 5.39. The predicted molar refractivity (Wildman–Crippen MR) is 33.3 cm³/mol. The van der Waals surface area contributed by atoms with Gasteiger partial charge in [-0.3, -0.25) is 0 Å². The first-order chi connectivity index (χ1) is 4.18. The summed E-state index contributed by atoms with van der Waals surface area (Å²) in [7, 11) is 0. The number of aliphatic carboxylic acids is 1. The summed E-state index contributed by atoms with van der Waals surface area (Å²) in [5, 5.41) is 8.23. The third-order valence-electron chi connectivity index (χ3n) is 0.783. The van der Waals surface area contributed by atoms with Crippen molar-refractivity contribution in [1.82, 2.24) is 0 Å². The average Bonchev–Trinajstić information content (AvgIpc) is 1.82. The van der Waals surface area contributed by atoms with E-state index in [2.05, 4.69) is 6.58 Å². The van der Waals surface area contributed by atoms with E-state index in [-0.39, 0.29) is 12.2 Å². The summed E-state index contributed by atoms with van der Waals surface area (Å²) in [6, 6.07) is 0. The lowest BCUT2D eigenvalue weighted by atomic mass is 10.3. The van der Waals surface area contributed by atoms with Crippen LogP contribution in [0.3, 0.4) is 0 Å². The third kappa shape index (κ3) is 3.73. The summed E-state index contributed by atoms with van der Waals surface area (Å²) in [5.74, 6) is -0.997. The summed E-state index contributed by atoms with van der Waals surface area (Å²) >= 11 is 0. The van der Waals surface area contributed by atoms with Crippen LogP contribution in [-0.2, 0) is 9.53 Å². The second kappa shape index (κ2) is 4.09. The minimum atomic E-state index is -0.997. The Bertz CT molecular complexity index is 117. The summed E-state index contributed by atoms with van der Waals surface area (Å²) in [5.41, 5.74) is 0.0943. The van der Waals surface area contributed by atoms with Crippen LogP contribution in [0.15, 0.2) is 12.2 Å². The Kier molecular flexibility index (Phi) is 3.71. The predicted octanol–water partition coefficient (Wildman–Crippen LogP) is 0.664. The molecule has 52 valence electrons. The van der Waals surface area contributed by atoms with Gasteiger partial charge in [-0.05, 0) is 6.92 Å². The van der Waals surface area contributed by atoms with Crippen molar-refractivity contribution in [2.24, 2.45) is 0 Å². The molecule has 0 rings (SSSR count). The number of hydrogen-bond acceptors (Lipinski definition) is 2. The van der Waals surface area contributed by atoms with Crippen LogP contribution in [0, 0.1) is 0 Å². The Morgan fingerprint density at radius 2 is 2.33 bits per heavy atom. The molecule has 0 amide bonds. The van der Waals surface area contributed by atoms with Crippen LogP contribution in [-0.4, -0.2) is 24.3 Å². The Hall–Kier alpha value is -0.830. The van der Waals surface area contributed by atoms with Crippen LogP contribution in [0.25, 0.3) is 0 Å². The van der Waals surface area contributed by atoms with E-state index in [1.807, 2.05) is 0 Å². The lowest BCUT2D eigenvalue weighted by Gasteiger charge is -1.97. The highest BCUT2D eigenvalue weighted by atomic mass is 16.5. The number of hydrogen-bond donors (Lipinski definition) is 1. The fraction of sp³-hybridized carbons (Fsp3) is 0.500. The first-order valence-electron chi connectivity index (χ1n) is 2.67. The molecule has 0 aromatic rings. The van der Waals surface area contributed by atoms with Gasteiger partial charge in [0.25, 0.3) is 0 Å². The van der Waals surface area contributed by atoms with E-state index >= 15 is 0 Å². The molecule has 0 bridgehead atoms. The molecule has 0 aliphatic heterocycles. The second-order valence-electron chi connectivity index (χ2n) is 1.55. The highest BCUT2D eigenvalue weighted by Crippen LogP contribution is 1.89. The SMILES string of the molecule is C=C(COCC)C(=O)O. The van der Waals surface area contributed by atoms with Crippen molar-refractivity contribution in [2.45, 2.75) is 6.92 Å². The molecule has 0 atom stereocenters. The topological polar surface area (TPSA) is 46.5 Å². The van der Waals surface area contributed by atoms with Gasteiger partial charge in [0.15, 0.2) is 0 Å². The Morgan fingerprint density at radius 3 is 2.67 bits per heavy atom. The molecule has 1 N–H and O–H groups in total. The number of rotatable bonds is 4. The molecular formula is C6H10O3. The highest BCUT2D eigenvalue weighted by Gasteiger charge is 2.01. The van der Waals surface area contributed by atoms with Gasteiger partial charge >= 0.3 is 5.97 Å². The molecule has 0 saturated carbocycles. The summed E-state index contributed by atoms with van der Waals surface area (Å²) in [6.45, 7) is 5.70. The molecule has 0 aromatic heterocycles. The quantitative estimate of drug-likeness (QED) is 0.569. The van der Waals surface area contributed by atoms with Crippen LogP contribution >= 0.6 is 0 Å². The molecule has 3 nitrogen and oxygen atoms in total. The Morgan fingerprint density at radius 1 is 1.78 bits per heavy atom. The molecule has 0 aromatic carbocycles. The Labute approximate surface area is 53.9 Å². The van der Waals surface area contributed by atoms with E-state index in [0.29, 0.717) is 6.61 Å². The molecule has 0 unspecified atom stereocenters. The number of ether oxygens (including phenoxy) is 1.